The maximum absolute atomic E-state index is 5.36. The van der Waals surface area contributed by atoms with Crippen LogP contribution in [0, 0.1) is 6.92 Å². The second kappa shape index (κ2) is 7.51. The van der Waals surface area contributed by atoms with Crippen molar-refractivity contribution in [1.82, 2.24) is 15.1 Å². The van der Waals surface area contributed by atoms with Crippen molar-refractivity contribution in [2.75, 3.05) is 20.8 Å². The van der Waals surface area contributed by atoms with Gasteiger partial charge in [0.1, 0.15) is 0 Å². The van der Waals surface area contributed by atoms with Crippen LogP contribution in [-0.2, 0) is 22.9 Å². The van der Waals surface area contributed by atoms with Crippen molar-refractivity contribution in [2.24, 2.45) is 7.05 Å². The summed E-state index contributed by atoms with van der Waals surface area (Å²) in [5, 5.41) is 7.83. The van der Waals surface area contributed by atoms with Crippen molar-refractivity contribution < 1.29 is 9.47 Å². The fraction of sp³-hybridized carbons (Fsp3) is 0.769. The number of methoxy groups -OCH3 is 2. The Kier molecular flexibility index (Phi) is 6.32. The third kappa shape index (κ3) is 4.08. The standard InChI is InChI=1S/C13H25N3O2/c1-6-7-14-12(13(17-4)18-5)9-11-8-10(2)15-16(11)3/h8,12-14H,6-7,9H2,1-5H3. The monoisotopic (exact) mass is 255 g/mol. The number of nitrogens with one attached hydrogen (secondary N) is 1. The van der Waals surface area contributed by atoms with E-state index in [9.17, 15) is 0 Å². The molecule has 0 aliphatic carbocycles. The summed E-state index contributed by atoms with van der Waals surface area (Å²) in [6.07, 6.45) is 1.68. The van der Waals surface area contributed by atoms with Crippen LogP contribution >= 0.6 is 0 Å². The molecule has 0 fully saturated rings. The second-order valence-corrected chi connectivity index (χ2v) is 4.51. The molecular formula is C13H25N3O2. The molecule has 0 aromatic carbocycles. The van der Waals surface area contributed by atoms with E-state index in [1.54, 1.807) is 14.2 Å². The largest absolute Gasteiger partial charge is 0.354 e. The normalized spacial score (nSPS) is 13.2. The Morgan fingerprint density at radius 2 is 2.06 bits per heavy atom. The molecule has 0 saturated heterocycles. The summed E-state index contributed by atoms with van der Waals surface area (Å²) in [5.74, 6) is 0. The summed E-state index contributed by atoms with van der Waals surface area (Å²) in [7, 11) is 5.31. The van der Waals surface area contributed by atoms with Gasteiger partial charge in [0.25, 0.3) is 0 Å². The highest BCUT2D eigenvalue weighted by Gasteiger charge is 2.22. The van der Waals surface area contributed by atoms with E-state index in [1.165, 1.54) is 5.69 Å². The first-order valence-electron chi connectivity index (χ1n) is 6.40. The van der Waals surface area contributed by atoms with Crippen LogP contribution < -0.4 is 5.32 Å². The quantitative estimate of drug-likeness (QED) is 0.710. The number of nitrogens with zero attached hydrogens (tertiary/aromatic N) is 2. The Bertz CT molecular complexity index is 348. The number of rotatable bonds is 8. The predicted molar refractivity (Wildman–Crippen MR) is 71.5 cm³/mol. The molecule has 1 rings (SSSR count). The van der Waals surface area contributed by atoms with Crippen LogP contribution in [0.1, 0.15) is 24.7 Å². The lowest BCUT2D eigenvalue weighted by Crippen LogP contribution is -2.44. The first-order valence-corrected chi connectivity index (χ1v) is 6.40. The van der Waals surface area contributed by atoms with Gasteiger partial charge in [-0.3, -0.25) is 4.68 Å². The van der Waals surface area contributed by atoms with Gasteiger partial charge in [-0.1, -0.05) is 6.92 Å². The summed E-state index contributed by atoms with van der Waals surface area (Å²) in [4.78, 5) is 0. The molecule has 1 unspecified atom stereocenters. The van der Waals surface area contributed by atoms with Gasteiger partial charge in [0.05, 0.1) is 11.7 Å². The molecule has 0 aliphatic heterocycles. The summed E-state index contributed by atoms with van der Waals surface area (Å²) in [6, 6.07) is 2.23. The van der Waals surface area contributed by atoms with E-state index in [0.717, 1.165) is 25.1 Å². The van der Waals surface area contributed by atoms with E-state index in [1.807, 2.05) is 18.7 Å². The third-order valence-electron chi connectivity index (χ3n) is 2.98. The number of aromatic nitrogens is 2. The van der Waals surface area contributed by atoms with Gasteiger partial charge < -0.3 is 14.8 Å². The molecular weight excluding hydrogens is 230 g/mol. The zero-order valence-electron chi connectivity index (χ0n) is 12.1. The van der Waals surface area contributed by atoms with Crippen molar-refractivity contribution in [3.63, 3.8) is 0 Å². The highest BCUT2D eigenvalue weighted by molar-refractivity contribution is 5.10. The van der Waals surface area contributed by atoms with Crippen molar-refractivity contribution in [3.8, 4) is 0 Å². The summed E-state index contributed by atoms with van der Waals surface area (Å²) >= 11 is 0. The molecule has 18 heavy (non-hydrogen) atoms. The molecule has 0 spiro atoms. The zero-order valence-corrected chi connectivity index (χ0v) is 12.1. The lowest BCUT2D eigenvalue weighted by molar-refractivity contribution is -0.122. The van der Waals surface area contributed by atoms with Crippen LogP contribution in [-0.4, -0.2) is 42.9 Å². The van der Waals surface area contributed by atoms with Crippen LogP contribution in [0.4, 0.5) is 0 Å². The summed E-state index contributed by atoms with van der Waals surface area (Å²) in [5.41, 5.74) is 2.22. The maximum Gasteiger partial charge on any atom is 0.172 e. The number of hydrogen-bond acceptors (Lipinski definition) is 4. The average Bonchev–Trinajstić information content (AvgIpc) is 2.66. The van der Waals surface area contributed by atoms with Crippen molar-refractivity contribution >= 4 is 0 Å². The predicted octanol–water partition coefficient (Wildman–Crippen LogP) is 1.26. The van der Waals surface area contributed by atoms with Gasteiger partial charge in [0.15, 0.2) is 6.29 Å². The fourth-order valence-electron chi connectivity index (χ4n) is 2.10. The van der Waals surface area contributed by atoms with E-state index >= 15 is 0 Å². The van der Waals surface area contributed by atoms with Gasteiger partial charge in [-0.25, -0.2) is 0 Å². The Hall–Kier alpha value is -0.910. The van der Waals surface area contributed by atoms with Crippen LogP contribution in [0.2, 0.25) is 0 Å². The minimum atomic E-state index is -0.244. The molecule has 1 N–H and O–H groups in total. The van der Waals surface area contributed by atoms with E-state index < -0.39 is 0 Å². The van der Waals surface area contributed by atoms with Crippen LogP contribution in [0.3, 0.4) is 0 Å². The first-order chi connectivity index (χ1) is 8.62. The van der Waals surface area contributed by atoms with E-state index in [4.69, 9.17) is 9.47 Å². The molecule has 0 amide bonds. The minimum Gasteiger partial charge on any atom is -0.354 e. The SMILES string of the molecule is CCCNC(Cc1cc(C)nn1C)C(OC)OC. The van der Waals surface area contributed by atoms with Crippen LogP contribution in [0.25, 0.3) is 0 Å². The molecule has 1 heterocycles. The van der Waals surface area contributed by atoms with Gasteiger partial charge in [0, 0.05) is 33.4 Å². The maximum atomic E-state index is 5.36. The van der Waals surface area contributed by atoms with Gasteiger partial charge >= 0.3 is 0 Å². The molecule has 5 nitrogen and oxygen atoms in total. The van der Waals surface area contributed by atoms with Crippen LogP contribution in [0.15, 0.2) is 6.07 Å². The van der Waals surface area contributed by atoms with Gasteiger partial charge in [-0.15, -0.1) is 0 Å². The number of aryl methyl sites for hydroxylation is 2. The summed E-state index contributed by atoms with van der Waals surface area (Å²) < 4.78 is 12.6. The van der Waals surface area contributed by atoms with Crippen molar-refractivity contribution in [1.29, 1.82) is 0 Å². The molecule has 1 aromatic rings. The first kappa shape index (κ1) is 15.1. The van der Waals surface area contributed by atoms with Crippen molar-refractivity contribution in [3.05, 3.63) is 17.5 Å². The lowest BCUT2D eigenvalue weighted by atomic mass is 10.1. The Morgan fingerprint density at radius 1 is 1.39 bits per heavy atom. The molecule has 0 aliphatic rings. The highest BCUT2D eigenvalue weighted by atomic mass is 16.7. The van der Waals surface area contributed by atoms with E-state index in [2.05, 4.69) is 23.4 Å². The number of ether oxygens (including phenoxy) is 2. The minimum absolute atomic E-state index is 0.134. The number of hydrogen-bond donors (Lipinski definition) is 1. The molecule has 5 heteroatoms. The molecule has 0 saturated carbocycles. The van der Waals surface area contributed by atoms with E-state index in [-0.39, 0.29) is 12.3 Å². The molecule has 104 valence electrons. The fourth-order valence-corrected chi connectivity index (χ4v) is 2.10. The molecule has 1 aromatic heterocycles. The Labute approximate surface area is 109 Å². The Morgan fingerprint density at radius 3 is 2.50 bits per heavy atom. The summed E-state index contributed by atoms with van der Waals surface area (Å²) in [6.45, 7) is 5.10. The zero-order chi connectivity index (χ0) is 13.5. The van der Waals surface area contributed by atoms with Crippen LogP contribution in [0.5, 0.6) is 0 Å². The lowest BCUT2D eigenvalue weighted by Gasteiger charge is -2.25. The van der Waals surface area contributed by atoms with Crippen molar-refractivity contribution in [2.45, 2.75) is 39.0 Å². The van der Waals surface area contributed by atoms with Gasteiger partial charge in [0.2, 0.25) is 0 Å². The Balaban J connectivity index is 2.73. The average molecular weight is 255 g/mol. The topological polar surface area (TPSA) is 48.3 Å². The second-order valence-electron chi connectivity index (χ2n) is 4.51. The highest BCUT2D eigenvalue weighted by Crippen LogP contribution is 2.10. The smallest absolute Gasteiger partial charge is 0.172 e. The molecule has 0 bridgehead atoms. The van der Waals surface area contributed by atoms with Gasteiger partial charge in [-0.2, -0.15) is 5.10 Å². The van der Waals surface area contributed by atoms with Gasteiger partial charge in [-0.05, 0) is 26.0 Å². The van der Waals surface area contributed by atoms with E-state index in [0.29, 0.717) is 0 Å². The molecule has 1 atom stereocenters. The molecule has 0 radical (unpaired) electrons. The third-order valence-corrected chi connectivity index (χ3v) is 2.98.